The second-order valence-electron chi connectivity index (χ2n) is 5.83. The van der Waals surface area contributed by atoms with E-state index in [-0.39, 0.29) is 5.75 Å². The van der Waals surface area contributed by atoms with Gasteiger partial charge in [0.25, 0.3) is 0 Å². The van der Waals surface area contributed by atoms with E-state index in [9.17, 15) is 8.42 Å². The summed E-state index contributed by atoms with van der Waals surface area (Å²) in [6.07, 6.45) is 0.975. The smallest absolute Gasteiger partial charge is 0.215 e. The zero-order valence-corrected chi connectivity index (χ0v) is 14.8. The van der Waals surface area contributed by atoms with Crippen LogP contribution in [0.2, 0.25) is 0 Å². The highest BCUT2D eigenvalue weighted by Crippen LogP contribution is 2.27. The first-order valence-electron chi connectivity index (χ1n) is 8.23. The van der Waals surface area contributed by atoms with Crippen molar-refractivity contribution in [2.45, 2.75) is 6.42 Å². The minimum atomic E-state index is -3.25. The molecule has 0 spiro atoms. The van der Waals surface area contributed by atoms with Gasteiger partial charge in [-0.15, -0.1) is 0 Å². The van der Waals surface area contributed by atoms with Crippen LogP contribution in [0.4, 0.5) is 5.69 Å². The van der Waals surface area contributed by atoms with Crippen LogP contribution in [0.25, 0.3) is 0 Å². The molecule has 132 valence electrons. The number of rotatable bonds is 4. The summed E-state index contributed by atoms with van der Waals surface area (Å²) in [5, 5.41) is 3.19. The molecule has 2 aliphatic rings. The summed E-state index contributed by atoms with van der Waals surface area (Å²) in [7, 11) is -1.53. The number of para-hydroxylation sites is 1. The third-order valence-corrected chi connectivity index (χ3v) is 6.23. The molecule has 0 atom stereocenters. The van der Waals surface area contributed by atoms with Gasteiger partial charge < -0.3 is 15.0 Å². The Balaban J connectivity index is 1.57. The maximum absolute atomic E-state index is 12.4. The van der Waals surface area contributed by atoms with Gasteiger partial charge in [0.2, 0.25) is 10.0 Å². The van der Waals surface area contributed by atoms with E-state index in [1.165, 1.54) is 9.87 Å². The molecular formula is C16H24N4O3S. The SMILES string of the molecule is CN=C(NCCS(=O)(=O)N1CCOCC1)N1CCc2ccccc21. The van der Waals surface area contributed by atoms with Crippen LogP contribution in [-0.4, -0.2) is 70.9 Å². The van der Waals surface area contributed by atoms with E-state index in [2.05, 4.69) is 27.3 Å². The van der Waals surface area contributed by atoms with E-state index in [0.29, 0.717) is 32.8 Å². The third kappa shape index (κ3) is 3.71. The normalized spacial score (nSPS) is 19.4. The van der Waals surface area contributed by atoms with Crippen molar-refractivity contribution in [2.75, 3.05) is 57.1 Å². The molecule has 24 heavy (non-hydrogen) atoms. The fraction of sp³-hybridized carbons (Fsp3) is 0.562. The molecule has 2 heterocycles. The van der Waals surface area contributed by atoms with Crippen LogP contribution < -0.4 is 10.2 Å². The van der Waals surface area contributed by atoms with Crippen LogP contribution in [-0.2, 0) is 21.2 Å². The Hall–Kier alpha value is -1.64. The molecule has 8 heteroatoms. The second-order valence-corrected chi connectivity index (χ2v) is 7.92. The van der Waals surface area contributed by atoms with E-state index < -0.39 is 10.0 Å². The first-order valence-corrected chi connectivity index (χ1v) is 9.84. The molecule has 2 aliphatic heterocycles. The van der Waals surface area contributed by atoms with Crippen molar-refractivity contribution in [1.29, 1.82) is 0 Å². The molecule has 7 nitrogen and oxygen atoms in total. The minimum absolute atomic E-state index is 0.0571. The Kier molecular flexibility index (Phi) is 5.37. The second kappa shape index (κ2) is 7.50. The van der Waals surface area contributed by atoms with Gasteiger partial charge in [-0.3, -0.25) is 4.99 Å². The Morgan fingerprint density at radius 1 is 1.25 bits per heavy atom. The van der Waals surface area contributed by atoms with Crippen LogP contribution in [0.3, 0.4) is 0 Å². The molecule has 1 N–H and O–H groups in total. The molecular weight excluding hydrogens is 328 g/mol. The van der Waals surface area contributed by atoms with Crippen molar-refractivity contribution in [3.05, 3.63) is 29.8 Å². The van der Waals surface area contributed by atoms with Gasteiger partial charge in [-0.05, 0) is 18.1 Å². The molecule has 0 amide bonds. The number of morpholine rings is 1. The van der Waals surface area contributed by atoms with Crippen LogP contribution in [0.15, 0.2) is 29.3 Å². The molecule has 0 unspecified atom stereocenters. The van der Waals surface area contributed by atoms with Gasteiger partial charge in [0.1, 0.15) is 0 Å². The average molecular weight is 352 g/mol. The van der Waals surface area contributed by atoms with Gasteiger partial charge in [0, 0.05) is 38.9 Å². The molecule has 1 saturated heterocycles. The predicted molar refractivity (Wildman–Crippen MR) is 95.0 cm³/mol. The van der Waals surface area contributed by atoms with Crippen molar-refractivity contribution in [2.24, 2.45) is 4.99 Å². The Morgan fingerprint density at radius 2 is 2.00 bits per heavy atom. The van der Waals surface area contributed by atoms with Gasteiger partial charge in [0.15, 0.2) is 5.96 Å². The molecule has 1 fully saturated rings. The lowest BCUT2D eigenvalue weighted by molar-refractivity contribution is 0.0730. The fourth-order valence-corrected chi connectivity index (χ4v) is 4.42. The van der Waals surface area contributed by atoms with Crippen LogP contribution in [0.5, 0.6) is 0 Å². The fourth-order valence-electron chi connectivity index (χ4n) is 3.10. The number of hydrogen-bond acceptors (Lipinski definition) is 4. The maximum Gasteiger partial charge on any atom is 0.215 e. The number of sulfonamides is 1. The van der Waals surface area contributed by atoms with Gasteiger partial charge in [-0.25, -0.2) is 8.42 Å². The standard InChI is InChI=1S/C16H24N4O3S/c1-17-16(20-8-6-14-4-2-3-5-15(14)20)18-7-13-24(21,22)19-9-11-23-12-10-19/h2-5H,6-13H2,1H3,(H,17,18). The summed E-state index contributed by atoms with van der Waals surface area (Å²) >= 11 is 0. The van der Waals surface area contributed by atoms with Crippen molar-refractivity contribution < 1.29 is 13.2 Å². The summed E-state index contributed by atoms with van der Waals surface area (Å²) in [6.45, 7) is 3.02. The monoisotopic (exact) mass is 352 g/mol. The number of ether oxygens (including phenoxy) is 1. The number of aliphatic imine (C=N–C) groups is 1. The molecule has 0 aromatic heterocycles. The van der Waals surface area contributed by atoms with Gasteiger partial charge >= 0.3 is 0 Å². The lowest BCUT2D eigenvalue weighted by Gasteiger charge is -2.27. The van der Waals surface area contributed by atoms with Crippen molar-refractivity contribution in [3.8, 4) is 0 Å². The molecule has 0 bridgehead atoms. The average Bonchev–Trinajstić information content (AvgIpc) is 3.03. The summed E-state index contributed by atoms with van der Waals surface area (Å²) in [5.74, 6) is 0.777. The number of guanidine groups is 1. The highest BCUT2D eigenvalue weighted by atomic mass is 32.2. The third-order valence-electron chi connectivity index (χ3n) is 4.36. The quantitative estimate of drug-likeness (QED) is 0.623. The maximum atomic E-state index is 12.4. The van der Waals surface area contributed by atoms with Gasteiger partial charge in [-0.1, -0.05) is 18.2 Å². The number of benzene rings is 1. The van der Waals surface area contributed by atoms with E-state index >= 15 is 0 Å². The molecule has 0 aliphatic carbocycles. The molecule has 1 aromatic carbocycles. The zero-order chi connectivity index (χ0) is 17.0. The van der Waals surface area contributed by atoms with E-state index in [1.54, 1.807) is 7.05 Å². The first-order chi connectivity index (χ1) is 11.6. The number of nitrogens with one attached hydrogen (secondary N) is 1. The first kappa shape index (κ1) is 17.2. The summed E-state index contributed by atoms with van der Waals surface area (Å²) in [6, 6.07) is 8.23. The largest absolute Gasteiger partial charge is 0.379 e. The Labute approximate surface area is 143 Å². The Morgan fingerprint density at radius 3 is 2.75 bits per heavy atom. The van der Waals surface area contributed by atoms with Crippen molar-refractivity contribution in [1.82, 2.24) is 9.62 Å². The Bertz CT molecular complexity index is 699. The van der Waals surface area contributed by atoms with Crippen LogP contribution >= 0.6 is 0 Å². The number of hydrogen-bond donors (Lipinski definition) is 1. The van der Waals surface area contributed by atoms with E-state index in [4.69, 9.17) is 4.74 Å². The lowest BCUT2D eigenvalue weighted by atomic mass is 10.2. The van der Waals surface area contributed by atoms with Gasteiger partial charge in [0.05, 0.1) is 19.0 Å². The van der Waals surface area contributed by atoms with E-state index in [0.717, 1.165) is 24.6 Å². The summed E-state index contributed by atoms with van der Waals surface area (Å²) in [4.78, 5) is 6.41. The van der Waals surface area contributed by atoms with Crippen LogP contribution in [0, 0.1) is 0 Å². The van der Waals surface area contributed by atoms with Crippen molar-refractivity contribution >= 4 is 21.7 Å². The predicted octanol–water partition coefficient (Wildman–Crippen LogP) is 0.287. The number of nitrogens with zero attached hydrogens (tertiary/aromatic N) is 3. The molecule has 0 saturated carbocycles. The lowest BCUT2D eigenvalue weighted by Crippen LogP contribution is -2.46. The summed E-state index contributed by atoms with van der Waals surface area (Å²) in [5.41, 5.74) is 2.43. The molecule has 0 radical (unpaired) electrons. The minimum Gasteiger partial charge on any atom is -0.379 e. The van der Waals surface area contributed by atoms with E-state index in [1.807, 2.05) is 12.1 Å². The zero-order valence-electron chi connectivity index (χ0n) is 13.9. The van der Waals surface area contributed by atoms with Crippen molar-refractivity contribution in [3.63, 3.8) is 0 Å². The molecule has 3 rings (SSSR count). The topological polar surface area (TPSA) is 74.2 Å². The number of anilines is 1. The highest BCUT2D eigenvalue weighted by molar-refractivity contribution is 7.89. The summed E-state index contributed by atoms with van der Waals surface area (Å²) < 4.78 is 31.4. The van der Waals surface area contributed by atoms with Gasteiger partial charge in [-0.2, -0.15) is 4.31 Å². The van der Waals surface area contributed by atoms with Crippen LogP contribution in [0.1, 0.15) is 5.56 Å². The number of fused-ring (bicyclic) bond motifs is 1. The highest BCUT2D eigenvalue weighted by Gasteiger charge is 2.25. The molecule has 1 aromatic rings.